The number of nitrogens with zero attached hydrogens (tertiary/aromatic N) is 3. The fraction of sp³-hybridized carbons (Fsp3) is 0.320. The van der Waals surface area contributed by atoms with Gasteiger partial charge in [0.25, 0.3) is 5.56 Å². The molecule has 0 amide bonds. The van der Waals surface area contributed by atoms with Crippen molar-refractivity contribution in [2.45, 2.75) is 19.9 Å². The number of thiazole rings is 1. The van der Waals surface area contributed by atoms with E-state index < -0.39 is 12.0 Å². The first-order valence-electron chi connectivity index (χ1n) is 11.0. The number of esters is 1. The summed E-state index contributed by atoms with van der Waals surface area (Å²) in [6.45, 7) is 3.68. The minimum atomic E-state index is -0.749. The summed E-state index contributed by atoms with van der Waals surface area (Å²) >= 11 is 1.23. The van der Waals surface area contributed by atoms with Crippen LogP contribution in [0.5, 0.6) is 11.5 Å². The first kappa shape index (κ1) is 24.3. The van der Waals surface area contributed by atoms with Gasteiger partial charge in [-0.2, -0.15) is 0 Å². The van der Waals surface area contributed by atoms with Crippen molar-refractivity contribution >= 4 is 29.3 Å². The summed E-state index contributed by atoms with van der Waals surface area (Å²) in [4.78, 5) is 33.6. The number of furan rings is 1. The minimum absolute atomic E-state index is 0.200. The van der Waals surface area contributed by atoms with E-state index in [9.17, 15) is 9.59 Å². The van der Waals surface area contributed by atoms with Gasteiger partial charge in [0.2, 0.25) is 0 Å². The van der Waals surface area contributed by atoms with Crippen LogP contribution in [0.4, 0.5) is 5.88 Å². The predicted molar refractivity (Wildman–Crippen MR) is 133 cm³/mol. The molecule has 0 N–H and O–H groups in total. The summed E-state index contributed by atoms with van der Waals surface area (Å²) < 4.78 is 23.9. The Morgan fingerprint density at radius 1 is 1.20 bits per heavy atom. The number of allylic oxidation sites excluding steroid dienone is 1. The topological polar surface area (TPSA) is 95.5 Å². The summed E-state index contributed by atoms with van der Waals surface area (Å²) in [6.07, 6.45) is 1.69. The maximum Gasteiger partial charge on any atom is 0.338 e. The van der Waals surface area contributed by atoms with Gasteiger partial charge < -0.3 is 23.5 Å². The van der Waals surface area contributed by atoms with Crippen LogP contribution in [0.2, 0.25) is 0 Å². The second-order valence-electron chi connectivity index (χ2n) is 7.99. The average molecular weight is 498 g/mol. The lowest BCUT2D eigenvalue weighted by molar-refractivity contribution is -0.139. The number of anilines is 1. The number of aromatic nitrogens is 1. The molecule has 0 fully saturated rings. The van der Waals surface area contributed by atoms with E-state index in [1.54, 1.807) is 51.3 Å². The number of hydrogen-bond donors (Lipinski definition) is 0. The molecule has 4 rings (SSSR count). The first-order chi connectivity index (χ1) is 16.8. The van der Waals surface area contributed by atoms with Crippen molar-refractivity contribution < 1.29 is 23.4 Å². The number of carbonyl (C=O) groups excluding carboxylic acids is 1. The van der Waals surface area contributed by atoms with Gasteiger partial charge in [0.1, 0.15) is 5.76 Å². The Hall–Kier alpha value is -3.79. The van der Waals surface area contributed by atoms with Gasteiger partial charge in [0.15, 0.2) is 22.2 Å². The van der Waals surface area contributed by atoms with E-state index in [1.807, 2.05) is 25.1 Å². The third-order valence-electron chi connectivity index (χ3n) is 5.57. The molecule has 1 aliphatic rings. The Morgan fingerprint density at radius 2 is 1.94 bits per heavy atom. The van der Waals surface area contributed by atoms with Crippen molar-refractivity contribution in [3.8, 4) is 11.5 Å². The molecule has 1 aromatic carbocycles. The Balaban J connectivity index is 1.94. The van der Waals surface area contributed by atoms with Gasteiger partial charge in [-0.25, -0.2) is 9.79 Å². The zero-order valence-electron chi connectivity index (χ0n) is 20.4. The lowest BCUT2D eigenvalue weighted by Gasteiger charge is -2.25. The minimum Gasteiger partial charge on any atom is -0.493 e. The molecule has 1 aliphatic heterocycles. The zero-order chi connectivity index (χ0) is 25.3. The number of carbonyl (C=O) groups is 1. The highest BCUT2D eigenvalue weighted by atomic mass is 32.1. The van der Waals surface area contributed by atoms with Crippen LogP contribution in [0.3, 0.4) is 0 Å². The lowest BCUT2D eigenvalue weighted by Crippen LogP contribution is -2.39. The molecule has 10 heteroatoms. The number of ether oxygens (including phenoxy) is 3. The molecular weight excluding hydrogens is 470 g/mol. The molecule has 1 unspecified atom stereocenters. The van der Waals surface area contributed by atoms with E-state index in [0.29, 0.717) is 49.3 Å². The van der Waals surface area contributed by atoms with Crippen molar-refractivity contribution in [2.75, 3.05) is 39.8 Å². The molecule has 2 aromatic heterocycles. The van der Waals surface area contributed by atoms with Crippen LogP contribution in [0.15, 0.2) is 55.8 Å². The molecular formula is C25H27N3O6S. The van der Waals surface area contributed by atoms with E-state index in [-0.39, 0.29) is 12.2 Å². The average Bonchev–Trinajstić information content (AvgIpc) is 3.42. The van der Waals surface area contributed by atoms with Gasteiger partial charge >= 0.3 is 5.97 Å². The quantitative estimate of drug-likeness (QED) is 0.463. The monoisotopic (exact) mass is 497 g/mol. The maximum absolute atomic E-state index is 13.7. The van der Waals surface area contributed by atoms with Crippen LogP contribution in [0.1, 0.15) is 31.2 Å². The number of methoxy groups -OCH3 is 2. The Bertz CT molecular complexity index is 1480. The summed E-state index contributed by atoms with van der Waals surface area (Å²) in [5.41, 5.74) is 1.17. The standard InChI is InChI=1S/C25H27N3O6S/c1-7-33-24(30)21-14(2)26-25-28(22(21)15-8-10-17(31-5)18(12-15)32-6)23(29)19(35-25)13-16-9-11-20(34-16)27(3)4/h8-13,22H,7H2,1-6H3/b19-13-. The summed E-state index contributed by atoms with van der Waals surface area (Å²) in [5, 5.41) is 0. The van der Waals surface area contributed by atoms with Crippen molar-refractivity contribution in [1.82, 2.24) is 4.57 Å². The molecule has 0 bridgehead atoms. The molecule has 0 saturated carbocycles. The highest BCUT2D eigenvalue weighted by molar-refractivity contribution is 7.07. The van der Waals surface area contributed by atoms with Crippen LogP contribution in [-0.4, -0.2) is 45.5 Å². The predicted octanol–water partition coefficient (Wildman–Crippen LogP) is 2.47. The number of hydrogen-bond acceptors (Lipinski definition) is 9. The molecule has 3 aromatic rings. The Morgan fingerprint density at radius 3 is 2.57 bits per heavy atom. The van der Waals surface area contributed by atoms with Crippen molar-refractivity contribution in [2.24, 2.45) is 4.99 Å². The van der Waals surface area contributed by atoms with Gasteiger partial charge in [-0.1, -0.05) is 17.4 Å². The number of rotatable bonds is 7. The summed E-state index contributed by atoms with van der Waals surface area (Å²) in [7, 11) is 6.83. The Labute approximate surface area is 206 Å². The molecule has 184 valence electrons. The molecule has 35 heavy (non-hydrogen) atoms. The molecule has 1 atom stereocenters. The van der Waals surface area contributed by atoms with E-state index in [0.717, 1.165) is 0 Å². The lowest BCUT2D eigenvalue weighted by atomic mass is 9.95. The van der Waals surface area contributed by atoms with E-state index in [2.05, 4.69) is 4.99 Å². The smallest absolute Gasteiger partial charge is 0.338 e. The maximum atomic E-state index is 13.7. The van der Waals surface area contributed by atoms with Crippen molar-refractivity contribution in [3.63, 3.8) is 0 Å². The molecule has 3 heterocycles. The second kappa shape index (κ2) is 9.83. The largest absolute Gasteiger partial charge is 0.493 e. The van der Waals surface area contributed by atoms with Crippen LogP contribution >= 0.6 is 11.3 Å². The fourth-order valence-corrected chi connectivity index (χ4v) is 4.95. The fourth-order valence-electron chi connectivity index (χ4n) is 3.92. The number of benzene rings is 1. The third-order valence-corrected chi connectivity index (χ3v) is 6.55. The van der Waals surface area contributed by atoms with Crippen LogP contribution < -0.4 is 29.3 Å². The zero-order valence-corrected chi connectivity index (χ0v) is 21.3. The van der Waals surface area contributed by atoms with Gasteiger partial charge in [0.05, 0.1) is 42.7 Å². The molecule has 9 nitrogen and oxygen atoms in total. The van der Waals surface area contributed by atoms with Gasteiger partial charge in [0, 0.05) is 26.2 Å². The van der Waals surface area contributed by atoms with Crippen LogP contribution in [0, 0.1) is 0 Å². The third kappa shape index (κ3) is 4.49. The van der Waals surface area contributed by atoms with Gasteiger partial charge in [-0.15, -0.1) is 0 Å². The normalized spacial score (nSPS) is 15.5. The highest BCUT2D eigenvalue weighted by Gasteiger charge is 2.34. The first-order valence-corrected chi connectivity index (χ1v) is 11.8. The van der Waals surface area contributed by atoms with Crippen molar-refractivity contribution in [3.05, 3.63) is 72.6 Å². The van der Waals surface area contributed by atoms with Crippen LogP contribution in [0.25, 0.3) is 6.08 Å². The molecule has 0 aliphatic carbocycles. The molecule has 0 radical (unpaired) electrons. The van der Waals surface area contributed by atoms with Gasteiger partial charge in [-0.05, 0) is 37.6 Å². The van der Waals surface area contributed by atoms with Crippen molar-refractivity contribution in [1.29, 1.82) is 0 Å². The van der Waals surface area contributed by atoms with E-state index in [1.165, 1.54) is 23.0 Å². The van der Waals surface area contributed by atoms with E-state index >= 15 is 0 Å². The summed E-state index contributed by atoms with van der Waals surface area (Å²) in [5.74, 6) is 1.72. The number of fused-ring (bicyclic) bond motifs is 1. The summed E-state index contributed by atoms with van der Waals surface area (Å²) in [6, 6.07) is 8.19. The molecule has 0 spiro atoms. The van der Waals surface area contributed by atoms with Gasteiger partial charge in [-0.3, -0.25) is 9.36 Å². The Kier molecular flexibility index (Phi) is 6.83. The van der Waals surface area contributed by atoms with E-state index in [4.69, 9.17) is 18.6 Å². The second-order valence-corrected chi connectivity index (χ2v) is 9.00. The highest BCUT2D eigenvalue weighted by Crippen LogP contribution is 2.36. The van der Waals surface area contributed by atoms with Crippen LogP contribution in [-0.2, 0) is 9.53 Å². The SMILES string of the molecule is CCOC(=O)C1=C(C)N=c2s/c(=C\c3ccc(N(C)C)o3)c(=O)n2C1c1ccc(OC)c(OC)c1. The molecule has 0 saturated heterocycles.